The summed E-state index contributed by atoms with van der Waals surface area (Å²) in [5, 5.41) is 11.8. The topological polar surface area (TPSA) is 84.3 Å². The summed E-state index contributed by atoms with van der Waals surface area (Å²) in [5.74, 6) is 1.35. The molecule has 2 aromatic carbocycles. The van der Waals surface area contributed by atoms with Crippen LogP contribution in [-0.2, 0) is 10.0 Å². The molecule has 0 N–H and O–H groups in total. The molecule has 2 aliphatic heterocycles. The van der Waals surface area contributed by atoms with Crippen LogP contribution in [0.1, 0.15) is 35.7 Å². The van der Waals surface area contributed by atoms with Gasteiger partial charge in [-0.15, -0.1) is 39.7 Å². The molecule has 12 heteroatoms. The van der Waals surface area contributed by atoms with Crippen molar-refractivity contribution in [2.45, 2.75) is 30.2 Å². The maximum absolute atomic E-state index is 12.9. The van der Waals surface area contributed by atoms with Crippen molar-refractivity contribution in [2.24, 2.45) is 5.10 Å². The van der Waals surface area contributed by atoms with E-state index >= 15 is 0 Å². The number of sulfonamides is 1. The Bertz CT molecular complexity index is 1600. The maximum atomic E-state index is 12.9. The van der Waals surface area contributed by atoms with Gasteiger partial charge in [-0.2, -0.15) is 9.41 Å². The number of anilines is 1. The van der Waals surface area contributed by atoms with Gasteiger partial charge < -0.3 is 9.47 Å². The van der Waals surface area contributed by atoms with Crippen molar-refractivity contribution in [1.82, 2.24) is 9.29 Å². The van der Waals surface area contributed by atoms with E-state index in [0.29, 0.717) is 29.5 Å². The van der Waals surface area contributed by atoms with Crippen LogP contribution in [0, 0.1) is 0 Å². The van der Waals surface area contributed by atoms with E-state index < -0.39 is 10.0 Å². The van der Waals surface area contributed by atoms with Crippen LogP contribution in [0.2, 0.25) is 0 Å². The average molecular weight is 662 g/mol. The number of thiophene rings is 1. The standard InChI is InChI=1S/C28H28N4O4S3.BrH/c1-35-25-12-9-20(16-26(25)36-2)24-17-22(27-6-5-15-37-27)30-32(24)28-29-23(18-38-28)19-7-10-21(11-8-19)39(33,34)31-13-3-4-14-31;/h5-12,15-16,18,24H,3-4,13-14,17H2,1-2H3;1H. The van der Waals surface area contributed by atoms with Crippen LogP contribution in [0.4, 0.5) is 5.13 Å². The van der Waals surface area contributed by atoms with Crippen LogP contribution in [0.3, 0.4) is 0 Å². The normalized spacial score (nSPS) is 17.5. The highest BCUT2D eigenvalue weighted by atomic mass is 79.9. The highest BCUT2D eigenvalue weighted by Crippen LogP contribution is 2.42. The van der Waals surface area contributed by atoms with Gasteiger partial charge in [0.25, 0.3) is 0 Å². The highest BCUT2D eigenvalue weighted by molar-refractivity contribution is 8.93. The fourth-order valence-corrected chi connectivity index (χ4v) is 8.05. The summed E-state index contributed by atoms with van der Waals surface area (Å²) in [6.07, 6.45) is 2.56. The van der Waals surface area contributed by atoms with Crippen LogP contribution in [0.15, 0.2) is 75.4 Å². The summed E-state index contributed by atoms with van der Waals surface area (Å²) in [7, 11) is -0.188. The van der Waals surface area contributed by atoms with Crippen LogP contribution in [-0.4, -0.2) is 50.7 Å². The van der Waals surface area contributed by atoms with Gasteiger partial charge in [0.15, 0.2) is 11.5 Å². The van der Waals surface area contributed by atoms with Crippen molar-refractivity contribution in [3.05, 3.63) is 75.8 Å². The van der Waals surface area contributed by atoms with E-state index in [1.165, 1.54) is 11.3 Å². The minimum atomic E-state index is -3.45. The van der Waals surface area contributed by atoms with Crippen LogP contribution >= 0.6 is 39.7 Å². The first-order valence-electron chi connectivity index (χ1n) is 12.7. The first-order valence-corrected chi connectivity index (χ1v) is 15.9. The average Bonchev–Trinajstić information content (AvgIpc) is 3.78. The molecule has 0 amide bonds. The number of ether oxygens (including phenoxy) is 2. The number of hydrogen-bond acceptors (Lipinski definition) is 9. The number of nitrogens with zero attached hydrogens (tertiary/aromatic N) is 4. The summed E-state index contributed by atoms with van der Waals surface area (Å²) in [6, 6.07) is 17.0. The Morgan fingerprint density at radius 1 is 0.950 bits per heavy atom. The SMILES string of the molecule is Br.COc1ccc(C2CC(c3cccs3)=NN2c2nc(-c3ccc(S(=O)(=O)N4CCCC4)cc3)cs2)cc1OC. The van der Waals surface area contributed by atoms with Crippen LogP contribution < -0.4 is 14.5 Å². The van der Waals surface area contributed by atoms with Gasteiger partial charge >= 0.3 is 0 Å². The molecule has 210 valence electrons. The number of hydrazone groups is 1. The van der Waals surface area contributed by atoms with E-state index in [1.807, 2.05) is 46.8 Å². The van der Waals surface area contributed by atoms with E-state index in [4.69, 9.17) is 19.6 Å². The third-order valence-electron chi connectivity index (χ3n) is 7.05. The van der Waals surface area contributed by atoms with Crippen molar-refractivity contribution in [1.29, 1.82) is 0 Å². The number of rotatable bonds is 8. The molecule has 6 rings (SSSR count). The molecule has 40 heavy (non-hydrogen) atoms. The molecule has 1 fully saturated rings. The van der Waals surface area contributed by atoms with Gasteiger partial charge in [0.2, 0.25) is 15.2 Å². The van der Waals surface area contributed by atoms with Gasteiger partial charge in [-0.25, -0.2) is 18.4 Å². The minimum Gasteiger partial charge on any atom is -0.493 e. The lowest BCUT2D eigenvalue weighted by atomic mass is 10.0. The highest BCUT2D eigenvalue weighted by Gasteiger charge is 2.33. The Morgan fingerprint density at radius 3 is 2.38 bits per heavy atom. The lowest BCUT2D eigenvalue weighted by molar-refractivity contribution is 0.354. The van der Waals surface area contributed by atoms with Crippen molar-refractivity contribution < 1.29 is 17.9 Å². The second-order valence-electron chi connectivity index (χ2n) is 9.35. The quantitative estimate of drug-likeness (QED) is 0.212. The van der Waals surface area contributed by atoms with Gasteiger partial charge in [-0.1, -0.05) is 24.3 Å². The number of benzene rings is 2. The van der Waals surface area contributed by atoms with E-state index in [1.54, 1.807) is 42.0 Å². The van der Waals surface area contributed by atoms with Gasteiger partial charge in [0, 0.05) is 30.5 Å². The predicted octanol–water partition coefficient (Wildman–Crippen LogP) is 6.61. The molecule has 4 aromatic rings. The summed E-state index contributed by atoms with van der Waals surface area (Å²) in [5.41, 5.74) is 3.71. The fourth-order valence-electron chi connectivity index (χ4n) is 4.98. The Labute approximate surface area is 252 Å². The first-order chi connectivity index (χ1) is 19.0. The minimum absolute atomic E-state index is 0. The molecular formula is C28H29BrN4O4S3. The zero-order valence-corrected chi connectivity index (χ0v) is 26.2. The molecule has 1 saturated heterocycles. The Hall–Kier alpha value is -2.77. The molecule has 1 unspecified atom stereocenters. The largest absolute Gasteiger partial charge is 0.493 e. The van der Waals surface area contributed by atoms with E-state index in [2.05, 4.69) is 11.4 Å². The summed E-state index contributed by atoms with van der Waals surface area (Å²) < 4.78 is 38.4. The third kappa shape index (κ3) is 5.42. The van der Waals surface area contributed by atoms with Crippen molar-refractivity contribution in [2.75, 3.05) is 32.3 Å². The fraction of sp³-hybridized carbons (Fsp3) is 0.286. The lowest BCUT2D eigenvalue weighted by Crippen LogP contribution is -2.27. The second kappa shape index (κ2) is 12.0. The summed E-state index contributed by atoms with van der Waals surface area (Å²) in [6.45, 7) is 1.18. The molecule has 0 radical (unpaired) electrons. The van der Waals surface area contributed by atoms with Crippen LogP contribution in [0.5, 0.6) is 11.5 Å². The zero-order valence-electron chi connectivity index (χ0n) is 22.0. The molecule has 4 heterocycles. The Kier molecular flexibility index (Phi) is 8.62. The number of methoxy groups -OCH3 is 2. The lowest BCUT2D eigenvalue weighted by Gasteiger charge is -2.22. The molecular weight excluding hydrogens is 632 g/mol. The number of thiazole rings is 1. The molecule has 2 aliphatic rings. The third-order valence-corrected chi connectivity index (χ3v) is 10.7. The zero-order chi connectivity index (χ0) is 27.0. The molecule has 0 spiro atoms. The van der Waals surface area contributed by atoms with Crippen molar-refractivity contribution in [3.8, 4) is 22.8 Å². The van der Waals surface area contributed by atoms with Gasteiger partial charge in [-0.3, -0.25) is 0 Å². The van der Waals surface area contributed by atoms with Crippen molar-refractivity contribution in [3.63, 3.8) is 0 Å². The van der Waals surface area contributed by atoms with E-state index in [-0.39, 0.29) is 23.0 Å². The van der Waals surface area contributed by atoms with Crippen LogP contribution in [0.25, 0.3) is 11.3 Å². The molecule has 2 aromatic heterocycles. The second-order valence-corrected chi connectivity index (χ2v) is 13.1. The Balaban J connectivity index is 0.00000323. The summed E-state index contributed by atoms with van der Waals surface area (Å²) >= 11 is 3.19. The maximum Gasteiger partial charge on any atom is 0.243 e. The smallest absolute Gasteiger partial charge is 0.243 e. The van der Waals surface area contributed by atoms with Gasteiger partial charge in [0.05, 0.1) is 41.4 Å². The van der Waals surface area contributed by atoms with Gasteiger partial charge in [-0.05, 0) is 54.1 Å². The molecule has 0 bridgehead atoms. The predicted molar refractivity (Wildman–Crippen MR) is 166 cm³/mol. The number of hydrogen-bond donors (Lipinski definition) is 0. The molecule has 0 aliphatic carbocycles. The molecule has 0 saturated carbocycles. The number of aromatic nitrogens is 1. The summed E-state index contributed by atoms with van der Waals surface area (Å²) in [4.78, 5) is 6.38. The molecule has 8 nitrogen and oxygen atoms in total. The van der Waals surface area contributed by atoms with Gasteiger partial charge in [0.1, 0.15) is 0 Å². The number of halogens is 1. The monoisotopic (exact) mass is 660 g/mol. The Morgan fingerprint density at radius 2 is 1.70 bits per heavy atom. The van der Waals surface area contributed by atoms with E-state index in [9.17, 15) is 8.42 Å². The first kappa shape index (κ1) is 28.7. The molecule has 1 atom stereocenters. The van der Waals surface area contributed by atoms with E-state index in [0.717, 1.165) is 51.8 Å². The van der Waals surface area contributed by atoms with Crippen molar-refractivity contribution >= 4 is 60.5 Å².